The third-order valence-corrected chi connectivity index (χ3v) is 4.14. The number of aromatic nitrogens is 1. The van der Waals surface area contributed by atoms with E-state index in [2.05, 4.69) is 47.5 Å². The molecule has 5 heteroatoms. The third-order valence-electron chi connectivity index (χ3n) is 4.14. The molecule has 1 atom stereocenters. The highest BCUT2D eigenvalue weighted by Gasteiger charge is 2.27. The SMILES string of the molecule is Cc1cc(C)c2c(n1)CC(c1ccccc1)C/C2=N/N=C(N)N. The average molecular weight is 307 g/mol. The first-order chi connectivity index (χ1) is 11.0. The minimum atomic E-state index is -0.0291. The van der Waals surface area contributed by atoms with Gasteiger partial charge < -0.3 is 11.5 Å². The predicted octanol–water partition coefficient (Wildman–Crippen LogP) is 2.41. The van der Waals surface area contributed by atoms with E-state index in [-0.39, 0.29) is 5.96 Å². The number of benzene rings is 1. The Hall–Kier alpha value is -2.69. The van der Waals surface area contributed by atoms with E-state index in [4.69, 9.17) is 16.5 Å². The fraction of sp³-hybridized carbons (Fsp3) is 0.278. The van der Waals surface area contributed by atoms with Gasteiger partial charge in [-0.15, -0.1) is 5.10 Å². The van der Waals surface area contributed by atoms with Crippen LogP contribution in [0.3, 0.4) is 0 Å². The first-order valence-corrected chi connectivity index (χ1v) is 7.72. The second-order valence-electron chi connectivity index (χ2n) is 5.99. The maximum absolute atomic E-state index is 5.44. The van der Waals surface area contributed by atoms with Crippen molar-refractivity contribution < 1.29 is 0 Å². The molecule has 2 aromatic rings. The summed E-state index contributed by atoms with van der Waals surface area (Å²) in [7, 11) is 0. The highest BCUT2D eigenvalue weighted by atomic mass is 15.3. The maximum Gasteiger partial charge on any atom is 0.211 e. The van der Waals surface area contributed by atoms with Gasteiger partial charge in [0.25, 0.3) is 0 Å². The summed E-state index contributed by atoms with van der Waals surface area (Å²) in [6, 6.07) is 12.5. The Kier molecular flexibility index (Phi) is 4.10. The van der Waals surface area contributed by atoms with Crippen molar-refractivity contribution >= 4 is 11.7 Å². The third kappa shape index (κ3) is 3.23. The average Bonchev–Trinajstić information content (AvgIpc) is 2.52. The fourth-order valence-electron chi connectivity index (χ4n) is 3.27. The van der Waals surface area contributed by atoms with Gasteiger partial charge in [0.2, 0.25) is 5.96 Å². The molecule has 0 saturated carbocycles. The topological polar surface area (TPSA) is 89.6 Å². The van der Waals surface area contributed by atoms with Crippen LogP contribution in [0.2, 0.25) is 0 Å². The molecular formula is C18H21N5. The number of aryl methyl sites for hydroxylation is 2. The summed E-state index contributed by atoms with van der Waals surface area (Å²) in [6.45, 7) is 4.10. The van der Waals surface area contributed by atoms with Crippen molar-refractivity contribution in [1.29, 1.82) is 0 Å². The minimum Gasteiger partial charge on any atom is -0.369 e. The van der Waals surface area contributed by atoms with Crippen LogP contribution in [0.15, 0.2) is 46.6 Å². The molecule has 3 rings (SSSR count). The van der Waals surface area contributed by atoms with E-state index in [0.717, 1.165) is 35.5 Å². The van der Waals surface area contributed by atoms with Crippen LogP contribution in [0.5, 0.6) is 0 Å². The molecule has 1 heterocycles. The van der Waals surface area contributed by atoms with Gasteiger partial charge in [0.05, 0.1) is 11.4 Å². The van der Waals surface area contributed by atoms with Gasteiger partial charge in [-0.3, -0.25) is 4.98 Å². The quantitative estimate of drug-likeness (QED) is 0.507. The van der Waals surface area contributed by atoms with Crippen molar-refractivity contribution in [3.63, 3.8) is 0 Å². The van der Waals surface area contributed by atoms with Gasteiger partial charge in [0, 0.05) is 11.3 Å². The van der Waals surface area contributed by atoms with E-state index < -0.39 is 0 Å². The Morgan fingerprint density at radius 1 is 1.13 bits per heavy atom. The molecule has 1 aliphatic carbocycles. The normalized spacial score (nSPS) is 18.5. The summed E-state index contributed by atoms with van der Waals surface area (Å²) in [5.74, 6) is 0.309. The molecule has 1 aromatic carbocycles. The summed E-state index contributed by atoms with van der Waals surface area (Å²) < 4.78 is 0. The Labute approximate surface area is 136 Å². The van der Waals surface area contributed by atoms with Crippen LogP contribution in [-0.4, -0.2) is 16.7 Å². The smallest absolute Gasteiger partial charge is 0.211 e. The number of hydrogen-bond donors (Lipinski definition) is 2. The van der Waals surface area contributed by atoms with Gasteiger partial charge in [-0.05, 0) is 49.8 Å². The number of hydrogen-bond acceptors (Lipinski definition) is 3. The number of rotatable bonds is 2. The van der Waals surface area contributed by atoms with Crippen molar-refractivity contribution in [1.82, 2.24) is 4.98 Å². The van der Waals surface area contributed by atoms with E-state index >= 15 is 0 Å². The van der Waals surface area contributed by atoms with E-state index in [1.54, 1.807) is 0 Å². The van der Waals surface area contributed by atoms with Crippen molar-refractivity contribution in [2.75, 3.05) is 0 Å². The minimum absolute atomic E-state index is 0.0291. The number of pyridine rings is 1. The van der Waals surface area contributed by atoms with Gasteiger partial charge in [-0.25, -0.2) is 0 Å². The molecule has 0 fully saturated rings. The van der Waals surface area contributed by atoms with Gasteiger partial charge in [0.15, 0.2) is 0 Å². The van der Waals surface area contributed by atoms with E-state index in [0.29, 0.717) is 5.92 Å². The second kappa shape index (κ2) is 6.20. The van der Waals surface area contributed by atoms with Crippen LogP contribution in [0.25, 0.3) is 0 Å². The first kappa shape index (κ1) is 15.2. The standard InChI is InChI=1S/C18H21N5/c1-11-8-12(2)21-15-9-14(13-6-4-3-5-7-13)10-16(17(11)15)22-23-18(19)20/h3-8,14H,9-10H2,1-2H3,(H4,19,20,23)/b22-16-. The maximum atomic E-state index is 5.44. The van der Waals surface area contributed by atoms with E-state index in [1.165, 1.54) is 11.1 Å². The Balaban J connectivity index is 2.09. The van der Waals surface area contributed by atoms with Crippen LogP contribution in [-0.2, 0) is 6.42 Å². The van der Waals surface area contributed by atoms with Crippen molar-refractivity contribution in [2.24, 2.45) is 21.7 Å². The molecule has 118 valence electrons. The fourth-order valence-corrected chi connectivity index (χ4v) is 3.27. The molecule has 0 radical (unpaired) electrons. The summed E-state index contributed by atoms with van der Waals surface area (Å²) in [5.41, 5.74) is 17.4. The molecule has 0 bridgehead atoms. The Morgan fingerprint density at radius 2 is 1.87 bits per heavy atom. The van der Waals surface area contributed by atoms with Crippen LogP contribution < -0.4 is 11.5 Å². The molecule has 1 aromatic heterocycles. The zero-order chi connectivity index (χ0) is 16.4. The van der Waals surface area contributed by atoms with Crippen LogP contribution in [0.4, 0.5) is 0 Å². The zero-order valence-electron chi connectivity index (χ0n) is 13.5. The largest absolute Gasteiger partial charge is 0.369 e. The molecule has 23 heavy (non-hydrogen) atoms. The van der Waals surface area contributed by atoms with Crippen LogP contribution in [0, 0.1) is 13.8 Å². The molecule has 1 aliphatic rings. The van der Waals surface area contributed by atoms with Crippen LogP contribution in [0.1, 0.15) is 40.4 Å². The molecule has 0 amide bonds. The number of nitrogens with two attached hydrogens (primary N) is 2. The van der Waals surface area contributed by atoms with Crippen molar-refractivity contribution in [3.05, 3.63) is 64.5 Å². The van der Waals surface area contributed by atoms with Gasteiger partial charge in [-0.2, -0.15) is 5.10 Å². The van der Waals surface area contributed by atoms with Crippen molar-refractivity contribution in [2.45, 2.75) is 32.6 Å². The van der Waals surface area contributed by atoms with Gasteiger partial charge in [0.1, 0.15) is 0 Å². The molecule has 4 N–H and O–H groups in total. The Bertz CT molecular complexity index is 773. The molecule has 0 spiro atoms. The lowest BCUT2D eigenvalue weighted by Crippen LogP contribution is -2.24. The lowest BCUT2D eigenvalue weighted by atomic mass is 9.80. The van der Waals surface area contributed by atoms with Gasteiger partial charge in [-0.1, -0.05) is 30.3 Å². The van der Waals surface area contributed by atoms with Crippen LogP contribution >= 0.6 is 0 Å². The first-order valence-electron chi connectivity index (χ1n) is 7.72. The van der Waals surface area contributed by atoms with E-state index in [1.807, 2.05) is 13.0 Å². The predicted molar refractivity (Wildman–Crippen MR) is 93.6 cm³/mol. The summed E-state index contributed by atoms with van der Waals surface area (Å²) in [6.07, 6.45) is 1.71. The zero-order valence-corrected chi connectivity index (χ0v) is 13.5. The highest BCUT2D eigenvalue weighted by Crippen LogP contribution is 2.34. The van der Waals surface area contributed by atoms with Gasteiger partial charge >= 0.3 is 0 Å². The number of guanidine groups is 1. The molecule has 0 aliphatic heterocycles. The lowest BCUT2D eigenvalue weighted by Gasteiger charge is -2.26. The molecular weight excluding hydrogens is 286 g/mol. The lowest BCUT2D eigenvalue weighted by molar-refractivity contribution is 0.675. The van der Waals surface area contributed by atoms with Crippen molar-refractivity contribution in [3.8, 4) is 0 Å². The number of nitrogens with zero attached hydrogens (tertiary/aromatic N) is 3. The molecule has 0 saturated heterocycles. The Morgan fingerprint density at radius 3 is 2.57 bits per heavy atom. The summed E-state index contributed by atoms with van der Waals surface area (Å²) in [4.78, 5) is 4.74. The van der Waals surface area contributed by atoms with E-state index in [9.17, 15) is 0 Å². The molecule has 1 unspecified atom stereocenters. The number of fused-ring (bicyclic) bond motifs is 1. The summed E-state index contributed by atoms with van der Waals surface area (Å²) >= 11 is 0. The second-order valence-corrected chi connectivity index (χ2v) is 5.99. The molecule has 5 nitrogen and oxygen atoms in total. The summed E-state index contributed by atoms with van der Waals surface area (Å²) in [5, 5.41) is 8.18. The highest BCUT2D eigenvalue weighted by molar-refractivity contribution is 6.04. The monoisotopic (exact) mass is 307 g/mol.